The van der Waals surface area contributed by atoms with Crippen LogP contribution >= 0.6 is 11.8 Å². The molecule has 1 unspecified atom stereocenters. The van der Waals surface area contributed by atoms with Gasteiger partial charge in [0.2, 0.25) is 11.8 Å². The van der Waals surface area contributed by atoms with Crippen molar-refractivity contribution in [3.8, 4) is 5.75 Å². The summed E-state index contributed by atoms with van der Waals surface area (Å²) in [6.07, 6.45) is 2.74. The van der Waals surface area contributed by atoms with Crippen LogP contribution in [0.5, 0.6) is 5.75 Å². The largest absolute Gasteiger partial charge is 0.497 e. The third kappa shape index (κ3) is 4.59. The molecule has 0 saturated carbocycles. The second kappa shape index (κ2) is 9.26. The number of aromatic nitrogens is 1. The number of hydrogen-bond acceptors (Lipinski definition) is 5. The fourth-order valence-electron chi connectivity index (χ4n) is 3.64. The lowest BCUT2D eigenvalue weighted by molar-refractivity contribution is -0.128. The van der Waals surface area contributed by atoms with Crippen LogP contribution in [0.4, 0.5) is 5.69 Å². The molecule has 7 nitrogen and oxygen atoms in total. The smallest absolute Gasteiger partial charge is 0.242 e. The molecule has 2 N–H and O–H groups in total. The van der Waals surface area contributed by atoms with Crippen molar-refractivity contribution in [2.24, 2.45) is 4.99 Å². The lowest BCUT2D eigenvalue weighted by Gasteiger charge is -2.16. The number of methoxy groups -OCH3 is 1. The Balaban J connectivity index is 1.42. The lowest BCUT2D eigenvalue weighted by Crippen LogP contribution is -2.35. The minimum Gasteiger partial charge on any atom is -0.497 e. The van der Waals surface area contributed by atoms with Crippen LogP contribution in [0.1, 0.15) is 12.0 Å². The molecular formula is C23H24N4O3S. The van der Waals surface area contributed by atoms with Crippen molar-refractivity contribution >= 4 is 45.3 Å². The molecule has 160 valence electrons. The number of para-hydroxylation sites is 1. The highest BCUT2D eigenvalue weighted by atomic mass is 32.2. The number of aromatic amines is 1. The van der Waals surface area contributed by atoms with E-state index in [2.05, 4.69) is 15.3 Å². The number of anilines is 1. The van der Waals surface area contributed by atoms with Crippen LogP contribution in [0.25, 0.3) is 10.9 Å². The molecule has 1 aliphatic heterocycles. The average Bonchev–Trinajstić information content (AvgIpc) is 3.32. The second-order valence-corrected chi connectivity index (χ2v) is 8.37. The van der Waals surface area contributed by atoms with Gasteiger partial charge in [0.25, 0.3) is 0 Å². The van der Waals surface area contributed by atoms with E-state index >= 15 is 0 Å². The quantitative estimate of drug-likeness (QED) is 0.592. The minimum absolute atomic E-state index is 0.0776. The molecule has 2 aromatic carbocycles. The van der Waals surface area contributed by atoms with Crippen LogP contribution in [-0.2, 0) is 16.0 Å². The monoisotopic (exact) mass is 436 g/mol. The predicted octanol–water partition coefficient (Wildman–Crippen LogP) is 3.68. The number of H-pyrrole nitrogens is 1. The van der Waals surface area contributed by atoms with Gasteiger partial charge < -0.3 is 15.0 Å². The maximum absolute atomic E-state index is 13.0. The number of thioether (sulfide) groups is 1. The first-order valence-electron chi connectivity index (χ1n) is 10.0. The van der Waals surface area contributed by atoms with Gasteiger partial charge in [-0.05, 0) is 42.3 Å². The Morgan fingerprint density at radius 1 is 1.26 bits per heavy atom. The van der Waals surface area contributed by atoms with Crippen LogP contribution < -0.4 is 10.1 Å². The summed E-state index contributed by atoms with van der Waals surface area (Å²) < 4.78 is 5.33. The maximum atomic E-state index is 13.0. The summed E-state index contributed by atoms with van der Waals surface area (Å²) in [6.45, 7) is 0.499. The first kappa shape index (κ1) is 21.0. The molecular weight excluding hydrogens is 412 g/mol. The second-order valence-electron chi connectivity index (χ2n) is 7.20. The maximum Gasteiger partial charge on any atom is 0.242 e. The van der Waals surface area contributed by atoms with E-state index in [0.717, 1.165) is 27.9 Å². The van der Waals surface area contributed by atoms with Gasteiger partial charge in [-0.25, -0.2) is 0 Å². The van der Waals surface area contributed by atoms with Crippen LogP contribution in [0.3, 0.4) is 0 Å². The van der Waals surface area contributed by atoms with Crippen molar-refractivity contribution in [2.75, 3.05) is 26.0 Å². The average molecular weight is 437 g/mol. The van der Waals surface area contributed by atoms with Gasteiger partial charge in [-0.15, -0.1) is 0 Å². The van der Waals surface area contributed by atoms with E-state index in [1.54, 1.807) is 19.1 Å². The highest BCUT2D eigenvalue weighted by molar-refractivity contribution is 8.15. The number of rotatable bonds is 7. The Morgan fingerprint density at radius 2 is 2.06 bits per heavy atom. The van der Waals surface area contributed by atoms with Crippen LogP contribution in [-0.4, -0.2) is 52.8 Å². The Labute approximate surface area is 184 Å². The Kier molecular flexibility index (Phi) is 6.27. The molecule has 0 spiro atoms. The number of nitrogens with one attached hydrogen (secondary N) is 2. The van der Waals surface area contributed by atoms with E-state index in [0.29, 0.717) is 18.1 Å². The van der Waals surface area contributed by atoms with E-state index in [1.807, 2.05) is 54.7 Å². The Morgan fingerprint density at radius 3 is 2.81 bits per heavy atom. The van der Waals surface area contributed by atoms with Crippen LogP contribution in [0.2, 0.25) is 0 Å². The first-order chi connectivity index (χ1) is 15.1. The summed E-state index contributed by atoms with van der Waals surface area (Å²) in [7, 11) is 3.32. The number of carbonyl (C=O) groups is 2. The van der Waals surface area contributed by atoms with Crippen molar-refractivity contribution < 1.29 is 14.3 Å². The van der Waals surface area contributed by atoms with Crippen molar-refractivity contribution in [2.45, 2.75) is 18.1 Å². The van der Waals surface area contributed by atoms with Crippen LogP contribution in [0, 0.1) is 0 Å². The van der Waals surface area contributed by atoms with Gasteiger partial charge in [-0.1, -0.05) is 30.0 Å². The summed E-state index contributed by atoms with van der Waals surface area (Å²) in [6, 6.07) is 15.1. The Bertz CT molecular complexity index is 1130. The van der Waals surface area contributed by atoms with E-state index in [9.17, 15) is 9.59 Å². The number of amides is 2. The molecule has 4 rings (SSSR count). The zero-order chi connectivity index (χ0) is 21.8. The summed E-state index contributed by atoms with van der Waals surface area (Å²) >= 11 is 1.35. The lowest BCUT2D eigenvalue weighted by atomic mass is 10.1. The van der Waals surface area contributed by atoms with E-state index in [1.165, 1.54) is 11.8 Å². The van der Waals surface area contributed by atoms with E-state index in [-0.39, 0.29) is 18.2 Å². The topological polar surface area (TPSA) is 86.8 Å². The van der Waals surface area contributed by atoms with E-state index < -0.39 is 5.25 Å². The molecule has 1 saturated heterocycles. The zero-order valence-corrected chi connectivity index (χ0v) is 18.2. The standard InChI is InChI=1S/C23H24N4O3S/c1-24-23-27(11-10-15-14-25-19-9-8-17(30-2)12-18(15)19)22(29)20(31-23)13-21(28)26-16-6-4-3-5-7-16/h3-9,12,14,20,25H,10-11,13H2,1-2H3,(H,26,28). The van der Waals surface area contributed by atoms with Gasteiger partial charge in [0.1, 0.15) is 11.0 Å². The van der Waals surface area contributed by atoms with Crippen molar-refractivity contribution in [3.05, 3.63) is 60.3 Å². The van der Waals surface area contributed by atoms with Crippen molar-refractivity contribution in [1.29, 1.82) is 0 Å². The zero-order valence-electron chi connectivity index (χ0n) is 17.4. The summed E-state index contributed by atoms with van der Waals surface area (Å²) in [4.78, 5) is 34.6. The van der Waals surface area contributed by atoms with Gasteiger partial charge in [0, 0.05) is 42.8 Å². The molecule has 0 bridgehead atoms. The molecule has 1 aromatic heterocycles. The van der Waals surface area contributed by atoms with Crippen LogP contribution in [0.15, 0.2) is 59.7 Å². The predicted molar refractivity (Wildman–Crippen MR) is 125 cm³/mol. The third-order valence-corrected chi connectivity index (χ3v) is 6.49. The third-order valence-electron chi connectivity index (χ3n) is 5.22. The minimum atomic E-state index is -0.467. The molecule has 1 fully saturated rings. The summed E-state index contributed by atoms with van der Waals surface area (Å²) in [5.41, 5.74) is 2.85. The van der Waals surface area contributed by atoms with Gasteiger partial charge in [-0.3, -0.25) is 19.5 Å². The number of nitrogens with zero attached hydrogens (tertiary/aromatic N) is 2. The van der Waals surface area contributed by atoms with E-state index in [4.69, 9.17) is 4.74 Å². The molecule has 0 aliphatic carbocycles. The first-order valence-corrected chi connectivity index (χ1v) is 10.9. The molecule has 0 radical (unpaired) electrons. The molecule has 8 heteroatoms. The number of ether oxygens (including phenoxy) is 1. The number of hydrogen-bond donors (Lipinski definition) is 2. The highest BCUT2D eigenvalue weighted by Gasteiger charge is 2.38. The van der Waals surface area contributed by atoms with Crippen molar-refractivity contribution in [1.82, 2.24) is 9.88 Å². The number of amidine groups is 1. The van der Waals surface area contributed by atoms with Gasteiger partial charge in [0.15, 0.2) is 5.17 Å². The molecule has 31 heavy (non-hydrogen) atoms. The summed E-state index contributed by atoms with van der Waals surface area (Å²) in [5, 5.41) is 4.11. The number of fused-ring (bicyclic) bond motifs is 1. The Hall–Kier alpha value is -3.26. The molecule has 3 aromatic rings. The fourth-order valence-corrected chi connectivity index (χ4v) is 4.77. The van der Waals surface area contributed by atoms with Crippen molar-refractivity contribution in [3.63, 3.8) is 0 Å². The van der Waals surface area contributed by atoms with Gasteiger partial charge in [0.05, 0.1) is 7.11 Å². The van der Waals surface area contributed by atoms with Gasteiger partial charge in [-0.2, -0.15) is 0 Å². The number of carbonyl (C=O) groups excluding carboxylic acids is 2. The normalized spacial score (nSPS) is 17.5. The molecule has 1 atom stereocenters. The fraction of sp³-hybridized carbons (Fsp3) is 0.261. The number of benzene rings is 2. The SMILES string of the molecule is CN=C1SC(CC(=O)Nc2ccccc2)C(=O)N1CCc1c[nH]c2ccc(OC)cc12. The molecule has 2 amide bonds. The van der Waals surface area contributed by atoms with Gasteiger partial charge >= 0.3 is 0 Å². The highest BCUT2D eigenvalue weighted by Crippen LogP contribution is 2.31. The molecule has 2 heterocycles. The number of aliphatic imine (C=N–C) groups is 1. The molecule has 1 aliphatic rings. The summed E-state index contributed by atoms with van der Waals surface area (Å²) in [5.74, 6) is 0.533.